The highest BCUT2D eigenvalue weighted by Crippen LogP contribution is 2.67. The van der Waals surface area contributed by atoms with Crippen LogP contribution in [0.5, 0.6) is 0 Å². The van der Waals surface area contributed by atoms with Crippen molar-refractivity contribution in [3.05, 3.63) is 46.6 Å². The van der Waals surface area contributed by atoms with Gasteiger partial charge in [-0.3, -0.25) is 9.59 Å². The quantitative estimate of drug-likeness (QED) is 0.587. The van der Waals surface area contributed by atoms with Crippen LogP contribution < -0.4 is 10.6 Å². The van der Waals surface area contributed by atoms with Gasteiger partial charge in [-0.05, 0) is 38.8 Å². The molecule has 1 saturated carbocycles. The molecular weight excluding hydrogens is 438 g/mol. The van der Waals surface area contributed by atoms with E-state index in [-0.39, 0.29) is 0 Å². The first-order chi connectivity index (χ1) is 14.6. The van der Waals surface area contributed by atoms with Crippen LogP contribution in [0.2, 0.25) is 0 Å². The van der Waals surface area contributed by atoms with Gasteiger partial charge in [-0.15, -0.1) is 0 Å². The second kappa shape index (κ2) is 7.69. The van der Waals surface area contributed by atoms with Gasteiger partial charge >= 0.3 is 12.4 Å². The van der Waals surface area contributed by atoms with Crippen molar-refractivity contribution in [3.63, 3.8) is 0 Å². The third-order valence-electron chi connectivity index (χ3n) is 7.29. The van der Waals surface area contributed by atoms with Crippen LogP contribution in [-0.4, -0.2) is 49.1 Å². The summed E-state index contributed by atoms with van der Waals surface area (Å²) in [7, 11) is 0. The van der Waals surface area contributed by atoms with Gasteiger partial charge < -0.3 is 10.6 Å². The Morgan fingerprint density at radius 1 is 0.781 bits per heavy atom. The molecule has 0 amide bonds. The minimum absolute atomic E-state index is 0.734. The summed E-state index contributed by atoms with van der Waals surface area (Å²) < 4.78 is 77.1. The lowest BCUT2D eigenvalue weighted by Gasteiger charge is -2.67. The maximum atomic E-state index is 12.8. The summed E-state index contributed by atoms with van der Waals surface area (Å²) in [5, 5.41) is 5.51. The first-order valence-corrected chi connectivity index (χ1v) is 10.0. The van der Waals surface area contributed by atoms with E-state index >= 15 is 0 Å². The summed E-state index contributed by atoms with van der Waals surface area (Å²) >= 11 is 0. The van der Waals surface area contributed by atoms with Gasteiger partial charge in [0.1, 0.15) is 0 Å². The summed E-state index contributed by atoms with van der Waals surface area (Å²) in [6.07, 6.45) is -3.33. The second-order valence-corrected chi connectivity index (χ2v) is 8.56. The molecule has 0 aromatic carbocycles. The summed E-state index contributed by atoms with van der Waals surface area (Å²) in [4.78, 5) is 23.2. The standard InChI is InChI=1S/C22H24F6N2O2/c1-11-12(2)14(4)20(13(11)3)17(29-9-15(31)21(23,24)25)19(7-5-6-8-19)18(20)30-10-16(32)22(26,27)28/h5-8,17-18,29-30H,9-10H2,1-4H3. The Kier molecular flexibility index (Phi) is 5.87. The number of ketones is 2. The molecule has 176 valence electrons. The Bertz CT molecular complexity index is 890. The molecule has 4 nitrogen and oxygen atoms in total. The molecule has 0 radical (unpaired) electrons. The maximum absolute atomic E-state index is 12.8. The van der Waals surface area contributed by atoms with Gasteiger partial charge in [0.2, 0.25) is 11.6 Å². The van der Waals surface area contributed by atoms with Crippen LogP contribution in [0.25, 0.3) is 0 Å². The van der Waals surface area contributed by atoms with Gasteiger partial charge in [0.25, 0.3) is 0 Å². The van der Waals surface area contributed by atoms with Crippen molar-refractivity contribution in [2.24, 2.45) is 10.8 Å². The molecule has 2 unspecified atom stereocenters. The zero-order valence-electron chi connectivity index (χ0n) is 18.0. The zero-order valence-corrected chi connectivity index (χ0v) is 18.0. The van der Waals surface area contributed by atoms with Crippen molar-refractivity contribution in [2.75, 3.05) is 13.1 Å². The summed E-state index contributed by atoms with van der Waals surface area (Å²) in [6, 6.07) is -1.47. The fraction of sp³-hybridized carbons (Fsp3) is 0.545. The minimum Gasteiger partial charge on any atom is -0.304 e. The van der Waals surface area contributed by atoms with E-state index in [9.17, 15) is 35.9 Å². The molecule has 32 heavy (non-hydrogen) atoms. The van der Waals surface area contributed by atoms with Crippen LogP contribution in [-0.2, 0) is 9.59 Å². The number of hydrogen-bond donors (Lipinski definition) is 2. The summed E-state index contributed by atoms with van der Waals surface area (Å²) in [5.74, 6) is -3.88. The van der Waals surface area contributed by atoms with Crippen LogP contribution in [0, 0.1) is 10.8 Å². The highest BCUT2D eigenvalue weighted by atomic mass is 19.4. The van der Waals surface area contributed by atoms with Crippen molar-refractivity contribution in [1.29, 1.82) is 0 Å². The number of carbonyl (C=O) groups excluding carboxylic acids is 2. The first kappa shape index (κ1) is 24.4. The maximum Gasteiger partial charge on any atom is 0.451 e. The number of nitrogens with one attached hydrogen (secondary N) is 2. The van der Waals surface area contributed by atoms with Crippen molar-refractivity contribution in [2.45, 2.75) is 52.1 Å². The summed E-state index contributed by atoms with van der Waals surface area (Å²) in [5.41, 5.74) is 1.31. The third-order valence-corrected chi connectivity index (χ3v) is 7.29. The molecule has 0 heterocycles. The lowest BCUT2D eigenvalue weighted by atomic mass is 9.42. The van der Waals surface area contributed by atoms with E-state index in [0.717, 1.165) is 22.3 Å². The van der Waals surface area contributed by atoms with Crippen molar-refractivity contribution >= 4 is 11.6 Å². The van der Waals surface area contributed by atoms with E-state index in [0.29, 0.717) is 0 Å². The van der Waals surface area contributed by atoms with Gasteiger partial charge in [0, 0.05) is 22.9 Å². The van der Waals surface area contributed by atoms with Gasteiger partial charge in [-0.2, -0.15) is 26.3 Å². The number of halogens is 6. The molecule has 10 heteroatoms. The van der Waals surface area contributed by atoms with Crippen LogP contribution in [0.4, 0.5) is 26.3 Å². The monoisotopic (exact) mass is 462 g/mol. The average molecular weight is 462 g/mol. The summed E-state index contributed by atoms with van der Waals surface area (Å²) in [6.45, 7) is 5.31. The molecular formula is C22H24F6N2O2. The first-order valence-electron chi connectivity index (χ1n) is 10.0. The Morgan fingerprint density at radius 3 is 1.44 bits per heavy atom. The molecule has 3 aliphatic rings. The molecule has 3 rings (SSSR count). The fourth-order valence-corrected chi connectivity index (χ4v) is 5.51. The van der Waals surface area contributed by atoms with E-state index in [1.165, 1.54) is 0 Å². The molecule has 0 aliphatic heterocycles. The minimum atomic E-state index is -5.01. The third kappa shape index (κ3) is 3.39. The van der Waals surface area contributed by atoms with E-state index in [4.69, 9.17) is 0 Å². The predicted molar refractivity (Wildman–Crippen MR) is 106 cm³/mol. The van der Waals surface area contributed by atoms with Crippen LogP contribution in [0.3, 0.4) is 0 Å². The molecule has 0 aromatic rings. The van der Waals surface area contributed by atoms with Crippen molar-refractivity contribution < 1.29 is 35.9 Å². The molecule has 0 saturated heterocycles. The van der Waals surface area contributed by atoms with E-state index in [2.05, 4.69) is 10.6 Å². The molecule has 2 N–H and O–H groups in total. The number of Topliss-reactive ketones (excluding diaryl/α,β-unsaturated/α-hetero) is 2. The Labute approximate surface area is 181 Å². The van der Waals surface area contributed by atoms with E-state index < -0.39 is 59.9 Å². The van der Waals surface area contributed by atoms with Gasteiger partial charge in [0.05, 0.1) is 13.1 Å². The average Bonchev–Trinajstić information content (AvgIpc) is 3.24. The Morgan fingerprint density at radius 2 is 1.12 bits per heavy atom. The highest BCUT2D eigenvalue weighted by molar-refractivity contribution is 5.86. The second-order valence-electron chi connectivity index (χ2n) is 8.56. The topological polar surface area (TPSA) is 58.2 Å². The molecule has 0 aromatic heterocycles. The number of alkyl halides is 6. The number of hydrogen-bond acceptors (Lipinski definition) is 4. The lowest BCUT2D eigenvalue weighted by Crippen LogP contribution is -2.80. The SMILES string of the molecule is CC1=C(C)C2(C(C)=C1C)C(NCC(=O)C(F)(F)F)C1(C=CC=C1)C2NCC(=O)C(F)(F)F. The molecule has 3 aliphatic carbocycles. The van der Waals surface area contributed by atoms with Crippen molar-refractivity contribution in [1.82, 2.24) is 10.6 Å². The highest BCUT2D eigenvalue weighted by Gasteiger charge is 2.72. The van der Waals surface area contributed by atoms with Gasteiger partial charge in [0.15, 0.2) is 0 Å². The molecule has 2 atom stereocenters. The number of rotatable bonds is 6. The normalized spacial score (nSPS) is 25.9. The van der Waals surface area contributed by atoms with Crippen LogP contribution in [0.15, 0.2) is 46.6 Å². The zero-order chi connectivity index (χ0) is 24.3. The van der Waals surface area contributed by atoms with Crippen LogP contribution in [0.1, 0.15) is 27.7 Å². The van der Waals surface area contributed by atoms with Gasteiger partial charge in [-0.25, -0.2) is 0 Å². The molecule has 0 bridgehead atoms. The molecule has 1 fully saturated rings. The van der Waals surface area contributed by atoms with E-state index in [1.807, 2.05) is 13.8 Å². The smallest absolute Gasteiger partial charge is 0.304 e. The number of carbonyl (C=O) groups is 2. The van der Waals surface area contributed by atoms with Gasteiger partial charge in [-0.1, -0.05) is 35.5 Å². The lowest BCUT2D eigenvalue weighted by molar-refractivity contribution is -0.171. The fourth-order valence-electron chi connectivity index (χ4n) is 5.51. The van der Waals surface area contributed by atoms with Crippen LogP contribution >= 0.6 is 0 Å². The Balaban J connectivity index is 2.04. The number of allylic oxidation sites excluding steroid dienone is 4. The largest absolute Gasteiger partial charge is 0.451 e. The predicted octanol–water partition coefficient (Wildman–Crippen LogP) is 3.96. The molecule has 2 spiro atoms. The van der Waals surface area contributed by atoms with Crippen molar-refractivity contribution in [3.8, 4) is 0 Å². The Hall–Kier alpha value is -2.20. The van der Waals surface area contributed by atoms with E-state index in [1.54, 1.807) is 38.2 Å².